The quantitative estimate of drug-likeness (QED) is 0.775. The van der Waals surface area contributed by atoms with Gasteiger partial charge in [-0.1, -0.05) is 37.3 Å². The summed E-state index contributed by atoms with van der Waals surface area (Å²) in [5.41, 5.74) is 2.99. The van der Waals surface area contributed by atoms with Crippen molar-refractivity contribution in [3.63, 3.8) is 0 Å². The molecule has 1 aliphatic carbocycles. The van der Waals surface area contributed by atoms with E-state index in [1.54, 1.807) is 23.9 Å². The standard InChI is InChI=1S/C20H18FNOS/c1-12-10-16-19(17(23)11-12)20(13-6-8-14(21)9-7-13)24-18-5-3-2-4-15(18)22-16/h2-10,12,19-20,22H,11H2,1H3/t12-,19+,20+/m1/s1. The van der Waals surface area contributed by atoms with Crippen LogP contribution < -0.4 is 5.32 Å². The van der Waals surface area contributed by atoms with Crippen LogP contribution in [0.1, 0.15) is 24.2 Å². The molecule has 1 heterocycles. The summed E-state index contributed by atoms with van der Waals surface area (Å²) in [6, 6.07) is 14.6. The predicted octanol–water partition coefficient (Wildman–Crippen LogP) is 5.19. The van der Waals surface area contributed by atoms with Gasteiger partial charge in [0, 0.05) is 22.3 Å². The van der Waals surface area contributed by atoms with Crippen LogP contribution in [0.15, 0.2) is 65.2 Å². The Bertz CT molecular complexity index is 815. The Morgan fingerprint density at radius 1 is 1.12 bits per heavy atom. The number of fused-ring (bicyclic) bond motifs is 2. The van der Waals surface area contributed by atoms with Crippen molar-refractivity contribution in [1.29, 1.82) is 0 Å². The van der Waals surface area contributed by atoms with Crippen LogP contribution in [0.25, 0.3) is 0 Å². The Morgan fingerprint density at radius 3 is 2.67 bits per heavy atom. The maximum atomic E-state index is 13.3. The largest absolute Gasteiger partial charge is 0.358 e. The molecule has 1 N–H and O–H groups in total. The minimum atomic E-state index is -0.254. The number of Topliss-reactive ketones (excluding diaryl/α,β-unsaturated/α-hetero) is 1. The highest BCUT2D eigenvalue weighted by Gasteiger charge is 2.39. The number of carbonyl (C=O) groups is 1. The van der Waals surface area contributed by atoms with Crippen LogP contribution in [-0.2, 0) is 4.79 Å². The molecule has 1 aliphatic heterocycles. The molecule has 2 aliphatic rings. The van der Waals surface area contributed by atoms with E-state index in [1.165, 1.54) is 12.1 Å². The van der Waals surface area contributed by atoms with Crippen molar-refractivity contribution >= 4 is 23.2 Å². The smallest absolute Gasteiger partial charge is 0.143 e. The number of anilines is 1. The first-order valence-electron chi connectivity index (χ1n) is 8.14. The molecule has 4 rings (SSSR count). The van der Waals surface area contributed by atoms with Crippen LogP contribution in [-0.4, -0.2) is 5.78 Å². The first kappa shape index (κ1) is 15.5. The number of ketones is 1. The van der Waals surface area contributed by atoms with Gasteiger partial charge in [0.25, 0.3) is 0 Å². The van der Waals surface area contributed by atoms with Crippen molar-refractivity contribution in [3.05, 3.63) is 71.7 Å². The minimum absolute atomic E-state index is 0.0481. The van der Waals surface area contributed by atoms with E-state index >= 15 is 0 Å². The summed E-state index contributed by atoms with van der Waals surface area (Å²) in [6.45, 7) is 2.07. The van der Waals surface area contributed by atoms with Gasteiger partial charge in [-0.05, 0) is 35.7 Å². The summed E-state index contributed by atoms with van der Waals surface area (Å²) in [6.07, 6.45) is 2.73. The first-order valence-corrected chi connectivity index (χ1v) is 9.02. The minimum Gasteiger partial charge on any atom is -0.358 e. The second kappa shape index (κ2) is 6.10. The van der Waals surface area contributed by atoms with Crippen LogP contribution in [0.5, 0.6) is 0 Å². The Labute approximate surface area is 145 Å². The van der Waals surface area contributed by atoms with E-state index < -0.39 is 0 Å². The zero-order valence-corrected chi connectivity index (χ0v) is 14.1. The van der Waals surface area contributed by atoms with E-state index in [0.29, 0.717) is 6.42 Å². The van der Waals surface area contributed by atoms with Gasteiger partial charge >= 0.3 is 0 Å². The molecule has 4 heteroatoms. The number of benzene rings is 2. The van der Waals surface area contributed by atoms with Gasteiger partial charge in [0.2, 0.25) is 0 Å². The molecule has 0 unspecified atom stereocenters. The Balaban J connectivity index is 1.85. The van der Waals surface area contributed by atoms with Crippen molar-refractivity contribution in [2.24, 2.45) is 11.8 Å². The lowest BCUT2D eigenvalue weighted by Crippen LogP contribution is -2.30. The third kappa shape index (κ3) is 2.75. The van der Waals surface area contributed by atoms with Gasteiger partial charge in [0.1, 0.15) is 11.6 Å². The monoisotopic (exact) mass is 339 g/mol. The molecule has 0 bridgehead atoms. The van der Waals surface area contributed by atoms with Crippen LogP contribution >= 0.6 is 11.8 Å². The number of nitrogens with one attached hydrogen (secondary N) is 1. The molecule has 0 saturated carbocycles. The fraction of sp³-hybridized carbons (Fsp3) is 0.250. The first-order chi connectivity index (χ1) is 11.6. The second-order valence-corrected chi connectivity index (χ2v) is 7.64. The van der Waals surface area contributed by atoms with Crippen LogP contribution in [0.2, 0.25) is 0 Å². The topological polar surface area (TPSA) is 29.1 Å². The average molecular weight is 339 g/mol. The van der Waals surface area contributed by atoms with E-state index in [0.717, 1.165) is 21.8 Å². The van der Waals surface area contributed by atoms with Crippen molar-refractivity contribution in [2.45, 2.75) is 23.5 Å². The molecular weight excluding hydrogens is 321 g/mol. The SMILES string of the molecule is C[C@@H]1C=C2Nc3ccccc3S[C@@H](c3ccc(F)cc3)[C@@H]2C(=O)C1. The van der Waals surface area contributed by atoms with E-state index in [-0.39, 0.29) is 28.7 Å². The highest BCUT2D eigenvalue weighted by atomic mass is 32.2. The van der Waals surface area contributed by atoms with Crippen LogP contribution in [0.3, 0.4) is 0 Å². The average Bonchev–Trinajstić information content (AvgIpc) is 2.72. The summed E-state index contributed by atoms with van der Waals surface area (Å²) < 4.78 is 13.3. The van der Waals surface area contributed by atoms with E-state index in [9.17, 15) is 9.18 Å². The molecule has 0 saturated heterocycles. The fourth-order valence-electron chi connectivity index (χ4n) is 3.48. The number of thioether (sulfide) groups is 1. The Kier molecular flexibility index (Phi) is 3.93. The van der Waals surface area contributed by atoms with Gasteiger partial charge in [0.05, 0.1) is 11.6 Å². The number of carbonyl (C=O) groups excluding carboxylic acids is 1. The van der Waals surface area contributed by atoms with Gasteiger partial charge in [-0.2, -0.15) is 0 Å². The third-order valence-corrected chi connectivity index (χ3v) is 6.00. The van der Waals surface area contributed by atoms with Gasteiger partial charge in [-0.3, -0.25) is 4.79 Å². The lowest BCUT2D eigenvalue weighted by molar-refractivity contribution is -0.122. The number of halogens is 1. The highest BCUT2D eigenvalue weighted by molar-refractivity contribution is 7.99. The summed E-state index contributed by atoms with van der Waals surface area (Å²) in [5, 5.41) is 3.43. The predicted molar refractivity (Wildman–Crippen MR) is 95.4 cm³/mol. The van der Waals surface area contributed by atoms with Crippen molar-refractivity contribution in [3.8, 4) is 0 Å². The van der Waals surface area contributed by atoms with E-state index in [1.807, 2.05) is 18.2 Å². The van der Waals surface area contributed by atoms with Crippen LogP contribution in [0, 0.1) is 17.7 Å². The third-order valence-electron chi connectivity index (χ3n) is 4.59. The maximum absolute atomic E-state index is 13.3. The number of allylic oxidation sites excluding steroid dienone is 2. The molecule has 24 heavy (non-hydrogen) atoms. The van der Waals surface area contributed by atoms with Gasteiger partial charge in [-0.25, -0.2) is 4.39 Å². The molecule has 0 radical (unpaired) electrons. The van der Waals surface area contributed by atoms with Gasteiger partial charge in [0.15, 0.2) is 0 Å². The summed E-state index contributed by atoms with van der Waals surface area (Å²) in [7, 11) is 0. The maximum Gasteiger partial charge on any atom is 0.143 e. The molecule has 0 amide bonds. The fourth-order valence-corrected chi connectivity index (χ4v) is 4.89. The molecular formula is C20H18FNOS. The van der Waals surface area contributed by atoms with E-state index in [2.05, 4.69) is 24.4 Å². The Morgan fingerprint density at radius 2 is 1.88 bits per heavy atom. The number of hydrogen-bond donors (Lipinski definition) is 1. The lowest BCUT2D eigenvalue weighted by Gasteiger charge is -2.30. The van der Waals surface area contributed by atoms with E-state index in [4.69, 9.17) is 0 Å². The number of para-hydroxylation sites is 1. The molecule has 3 atom stereocenters. The zero-order valence-electron chi connectivity index (χ0n) is 13.3. The summed E-state index contributed by atoms with van der Waals surface area (Å²) in [5.74, 6) is 0.0156. The molecule has 0 fully saturated rings. The molecule has 0 aromatic heterocycles. The van der Waals surface area contributed by atoms with Gasteiger partial charge < -0.3 is 5.32 Å². The van der Waals surface area contributed by atoms with Crippen LogP contribution in [0.4, 0.5) is 10.1 Å². The molecule has 2 aromatic rings. The molecule has 122 valence electrons. The normalized spacial score (nSPS) is 25.8. The summed E-state index contributed by atoms with van der Waals surface area (Å²) in [4.78, 5) is 13.9. The number of rotatable bonds is 1. The zero-order chi connectivity index (χ0) is 16.7. The van der Waals surface area contributed by atoms with Gasteiger partial charge in [-0.15, -0.1) is 11.8 Å². The summed E-state index contributed by atoms with van der Waals surface area (Å²) >= 11 is 1.68. The molecule has 2 nitrogen and oxygen atoms in total. The highest BCUT2D eigenvalue weighted by Crippen LogP contribution is 2.50. The molecule has 0 spiro atoms. The molecule has 2 aromatic carbocycles. The van der Waals surface area contributed by atoms with Crippen molar-refractivity contribution in [2.75, 3.05) is 5.32 Å². The number of hydrogen-bond acceptors (Lipinski definition) is 3. The van der Waals surface area contributed by atoms with Crippen molar-refractivity contribution < 1.29 is 9.18 Å². The lowest BCUT2D eigenvalue weighted by atomic mass is 9.81. The second-order valence-electron chi connectivity index (χ2n) is 6.46. The van der Waals surface area contributed by atoms with Crippen molar-refractivity contribution in [1.82, 2.24) is 0 Å². The Hall–Kier alpha value is -2.07.